The summed E-state index contributed by atoms with van der Waals surface area (Å²) >= 11 is 12.6. The Labute approximate surface area is 214 Å². The van der Waals surface area contributed by atoms with E-state index in [1.54, 1.807) is 38.9 Å². The molecule has 0 saturated carbocycles. The highest BCUT2D eigenvalue weighted by Gasteiger charge is 2.29. The largest absolute Gasteiger partial charge is 0.444 e. The molecular weight excluding hydrogens is 489 g/mol. The van der Waals surface area contributed by atoms with Crippen molar-refractivity contribution in [2.75, 3.05) is 26.2 Å². The third-order valence-electron chi connectivity index (χ3n) is 5.57. The Kier molecular flexibility index (Phi) is 7.33. The van der Waals surface area contributed by atoms with Crippen molar-refractivity contribution in [2.24, 2.45) is 0 Å². The molecule has 0 unspecified atom stereocenters. The second kappa shape index (κ2) is 10.3. The molecule has 0 bridgehead atoms. The summed E-state index contributed by atoms with van der Waals surface area (Å²) in [6, 6.07) is 11.0. The molecule has 0 spiro atoms. The zero-order valence-corrected chi connectivity index (χ0v) is 21.4. The number of rotatable bonds is 4. The Balaban J connectivity index is 1.55. The van der Waals surface area contributed by atoms with Gasteiger partial charge in [0.05, 0.1) is 11.4 Å². The normalized spacial score (nSPS) is 14.2. The molecule has 184 valence electrons. The maximum Gasteiger partial charge on any atom is 0.410 e. The van der Waals surface area contributed by atoms with Crippen molar-refractivity contribution in [3.63, 3.8) is 0 Å². The fourth-order valence-electron chi connectivity index (χ4n) is 3.88. The van der Waals surface area contributed by atoms with Gasteiger partial charge in [0.15, 0.2) is 0 Å². The number of ether oxygens (including phenoxy) is 1. The highest BCUT2D eigenvalue weighted by molar-refractivity contribution is 6.30. The summed E-state index contributed by atoms with van der Waals surface area (Å²) in [6.07, 6.45) is 3.00. The third kappa shape index (κ3) is 5.94. The van der Waals surface area contributed by atoms with E-state index in [1.807, 2.05) is 45.0 Å². The quantitative estimate of drug-likeness (QED) is 0.488. The summed E-state index contributed by atoms with van der Waals surface area (Å²) in [7, 11) is 0. The lowest BCUT2D eigenvalue weighted by Crippen LogP contribution is -2.52. The Morgan fingerprint density at radius 1 is 0.914 bits per heavy atom. The summed E-state index contributed by atoms with van der Waals surface area (Å²) in [4.78, 5) is 37.6. The number of benzene rings is 1. The number of hydrogen-bond donors (Lipinski definition) is 0. The number of imidazole rings is 1. The molecule has 1 fully saturated rings. The van der Waals surface area contributed by atoms with Gasteiger partial charge in [-0.25, -0.2) is 9.78 Å². The van der Waals surface area contributed by atoms with Gasteiger partial charge >= 0.3 is 6.09 Å². The van der Waals surface area contributed by atoms with Gasteiger partial charge in [0, 0.05) is 54.7 Å². The first-order valence-electron chi connectivity index (χ1n) is 11.3. The summed E-state index contributed by atoms with van der Waals surface area (Å²) < 4.78 is 7.15. The molecule has 4 rings (SSSR count). The number of pyridine rings is 1. The van der Waals surface area contributed by atoms with Gasteiger partial charge in [-0.1, -0.05) is 23.7 Å². The Morgan fingerprint density at radius 3 is 2.11 bits per heavy atom. The van der Waals surface area contributed by atoms with Gasteiger partial charge in [0.1, 0.15) is 12.1 Å². The second-order valence-corrected chi connectivity index (χ2v) is 10.0. The van der Waals surface area contributed by atoms with Crippen LogP contribution >= 0.6 is 23.2 Å². The fourth-order valence-corrected chi connectivity index (χ4v) is 4.24. The molecule has 3 heterocycles. The van der Waals surface area contributed by atoms with E-state index in [1.165, 1.54) is 0 Å². The summed E-state index contributed by atoms with van der Waals surface area (Å²) in [6.45, 7) is 7.16. The zero-order valence-electron chi connectivity index (χ0n) is 19.9. The molecular formula is C25H27Cl2N5O3. The highest BCUT2D eigenvalue weighted by atomic mass is 35.5. The van der Waals surface area contributed by atoms with Crippen LogP contribution in [-0.2, 0) is 16.1 Å². The van der Waals surface area contributed by atoms with Crippen molar-refractivity contribution in [1.82, 2.24) is 24.3 Å². The summed E-state index contributed by atoms with van der Waals surface area (Å²) in [5.41, 5.74) is 2.49. The van der Waals surface area contributed by atoms with Crippen molar-refractivity contribution >= 4 is 35.2 Å². The van der Waals surface area contributed by atoms with Crippen LogP contribution in [0.1, 0.15) is 20.8 Å². The van der Waals surface area contributed by atoms with E-state index in [9.17, 15) is 9.59 Å². The maximum absolute atomic E-state index is 13.3. The molecule has 0 atom stereocenters. The maximum atomic E-state index is 13.3. The van der Waals surface area contributed by atoms with E-state index in [0.29, 0.717) is 36.9 Å². The minimum absolute atomic E-state index is 0.0174. The predicted octanol–water partition coefficient (Wildman–Crippen LogP) is 5.00. The van der Waals surface area contributed by atoms with Gasteiger partial charge in [-0.15, -0.1) is 0 Å². The van der Waals surface area contributed by atoms with Gasteiger partial charge in [-0.2, -0.15) is 0 Å². The molecule has 3 aromatic rings. The molecule has 0 radical (unpaired) electrons. The first-order chi connectivity index (χ1) is 16.6. The van der Waals surface area contributed by atoms with Crippen LogP contribution < -0.4 is 0 Å². The minimum Gasteiger partial charge on any atom is -0.444 e. The zero-order chi connectivity index (χ0) is 25.2. The SMILES string of the molecule is CC(C)(C)OC(=O)N1CCN(C(=O)Cn2c(Cl)nc(-c3ccc(Cl)cc3)c2-c2ccncc2)CC1. The summed E-state index contributed by atoms with van der Waals surface area (Å²) in [5.74, 6) is -0.105. The van der Waals surface area contributed by atoms with Crippen LogP contribution in [0.4, 0.5) is 4.79 Å². The standard InChI is InChI=1S/C25H27Cl2N5O3/c1-25(2,3)35-24(34)31-14-12-30(13-15-31)20(33)16-32-22(18-8-10-28-11-9-18)21(29-23(32)27)17-4-6-19(26)7-5-17/h4-11H,12-16H2,1-3H3. The van der Waals surface area contributed by atoms with E-state index in [4.69, 9.17) is 27.9 Å². The average molecular weight is 516 g/mol. The number of nitrogens with zero attached hydrogens (tertiary/aromatic N) is 5. The molecule has 1 saturated heterocycles. The molecule has 1 aromatic carbocycles. The van der Waals surface area contributed by atoms with E-state index in [0.717, 1.165) is 16.8 Å². The van der Waals surface area contributed by atoms with Crippen molar-refractivity contribution in [3.8, 4) is 22.5 Å². The number of amides is 2. The average Bonchev–Trinajstić information content (AvgIpc) is 3.15. The van der Waals surface area contributed by atoms with Crippen LogP contribution in [0.2, 0.25) is 10.3 Å². The van der Waals surface area contributed by atoms with Crippen LogP contribution in [0.25, 0.3) is 22.5 Å². The van der Waals surface area contributed by atoms with Gasteiger partial charge in [0.25, 0.3) is 0 Å². The monoisotopic (exact) mass is 515 g/mol. The Morgan fingerprint density at radius 2 is 1.51 bits per heavy atom. The third-order valence-corrected chi connectivity index (χ3v) is 6.11. The molecule has 1 aliphatic heterocycles. The van der Waals surface area contributed by atoms with Crippen LogP contribution in [0.5, 0.6) is 0 Å². The van der Waals surface area contributed by atoms with Crippen molar-refractivity contribution in [1.29, 1.82) is 0 Å². The first kappa shape index (κ1) is 25.0. The minimum atomic E-state index is -0.562. The lowest BCUT2D eigenvalue weighted by atomic mass is 10.1. The van der Waals surface area contributed by atoms with Crippen molar-refractivity contribution < 1.29 is 14.3 Å². The lowest BCUT2D eigenvalue weighted by Gasteiger charge is -2.35. The van der Waals surface area contributed by atoms with Crippen LogP contribution in [0.15, 0.2) is 48.8 Å². The highest BCUT2D eigenvalue weighted by Crippen LogP contribution is 2.35. The van der Waals surface area contributed by atoms with Gasteiger partial charge < -0.3 is 19.1 Å². The van der Waals surface area contributed by atoms with Crippen LogP contribution in [-0.4, -0.2) is 68.1 Å². The first-order valence-corrected chi connectivity index (χ1v) is 12.1. The van der Waals surface area contributed by atoms with Gasteiger partial charge in [0.2, 0.25) is 11.2 Å². The van der Waals surface area contributed by atoms with Gasteiger partial charge in [-0.05, 0) is 56.6 Å². The molecule has 10 heteroatoms. The predicted molar refractivity (Wildman–Crippen MR) is 135 cm³/mol. The number of halogens is 2. The molecule has 2 aromatic heterocycles. The number of piperazine rings is 1. The van der Waals surface area contributed by atoms with Crippen LogP contribution in [0, 0.1) is 0 Å². The second-order valence-electron chi connectivity index (χ2n) is 9.26. The van der Waals surface area contributed by atoms with Gasteiger partial charge in [-0.3, -0.25) is 9.78 Å². The molecule has 0 N–H and O–H groups in total. The number of aromatic nitrogens is 3. The Bertz CT molecular complexity index is 1200. The molecule has 2 amide bonds. The fraction of sp³-hybridized carbons (Fsp3) is 0.360. The summed E-state index contributed by atoms with van der Waals surface area (Å²) in [5, 5.41) is 0.827. The Hall–Kier alpha value is -3.10. The van der Waals surface area contributed by atoms with E-state index in [2.05, 4.69) is 9.97 Å². The van der Waals surface area contributed by atoms with Crippen molar-refractivity contribution in [3.05, 3.63) is 59.1 Å². The molecule has 8 nitrogen and oxygen atoms in total. The molecule has 1 aliphatic rings. The van der Waals surface area contributed by atoms with Crippen LogP contribution in [0.3, 0.4) is 0 Å². The molecule has 0 aliphatic carbocycles. The topological polar surface area (TPSA) is 80.6 Å². The van der Waals surface area contributed by atoms with E-state index in [-0.39, 0.29) is 23.8 Å². The van der Waals surface area contributed by atoms with E-state index >= 15 is 0 Å². The lowest BCUT2D eigenvalue weighted by molar-refractivity contribution is -0.133. The molecule has 35 heavy (non-hydrogen) atoms. The number of carbonyl (C=O) groups excluding carboxylic acids is 2. The van der Waals surface area contributed by atoms with Crippen molar-refractivity contribution in [2.45, 2.75) is 32.9 Å². The smallest absolute Gasteiger partial charge is 0.410 e. The number of carbonyl (C=O) groups is 2. The van der Waals surface area contributed by atoms with E-state index < -0.39 is 5.60 Å². The number of hydrogen-bond acceptors (Lipinski definition) is 5.